The summed E-state index contributed by atoms with van der Waals surface area (Å²) >= 11 is 0. The molecule has 1 fully saturated rings. The monoisotopic (exact) mass is 381 g/mol. The summed E-state index contributed by atoms with van der Waals surface area (Å²) in [7, 11) is 1.59. The van der Waals surface area contributed by atoms with Gasteiger partial charge < -0.3 is 20.7 Å². The first-order valence-corrected chi connectivity index (χ1v) is 9.69. The first-order chi connectivity index (χ1) is 13.7. The maximum atomic E-state index is 12.6. The van der Waals surface area contributed by atoms with E-state index < -0.39 is 0 Å². The molecule has 148 valence electrons. The summed E-state index contributed by atoms with van der Waals surface area (Å²) in [5.74, 6) is 0.579. The Balaban J connectivity index is 1.54. The summed E-state index contributed by atoms with van der Waals surface area (Å²) in [6, 6.07) is 16.4. The second-order valence-corrected chi connectivity index (χ2v) is 7.01. The summed E-state index contributed by atoms with van der Waals surface area (Å²) in [6.07, 6.45) is 3.79. The molecule has 6 nitrogen and oxygen atoms in total. The number of carbonyl (C=O) groups excluding carboxylic acids is 2. The predicted octanol–water partition coefficient (Wildman–Crippen LogP) is 3.24. The van der Waals surface area contributed by atoms with Crippen LogP contribution in [0.25, 0.3) is 0 Å². The molecule has 0 radical (unpaired) electrons. The van der Waals surface area contributed by atoms with Crippen molar-refractivity contribution in [2.75, 3.05) is 7.11 Å². The van der Waals surface area contributed by atoms with Crippen molar-refractivity contribution in [3.63, 3.8) is 0 Å². The summed E-state index contributed by atoms with van der Waals surface area (Å²) in [4.78, 5) is 24.9. The lowest BCUT2D eigenvalue weighted by Gasteiger charge is -2.32. The molecule has 2 atom stereocenters. The van der Waals surface area contributed by atoms with E-state index in [1.165, 1.54) is 0 Å². The highest BCUT2D eigenvalue weighted by atomic mass is 16.5. The van der Waals surface area contributed by atoms with E-state index in [1.807, 2.05) is 30.3 Å². The van der Waals surface area contributed by atoms with E-state index in [2.05, 4.69) is 16.0 Å². The van der Waals surface area contributed by atoms with Gasteiger partial charge in [0.1, 0.15) is 5.75 Å². The van der Waals surface area contributed by atoms with Crippen LogP contribution in [-0.4, -0.2) is 31.1 Å². The molecule has 2 aromatic carbocycles. The van der Waals surface area contributed by atoms with Crippen molar-refractivity contribution in [2.45, 2.75) is 44.3 Å². The molecule has 3 rings (SSSR count). The third-order valence-corrected chi connectivity index (χ3v) is 5.05. The van der Waals surface area contributed by atoms with Crippen molar-refractivity contribution in [1.29, 1.82) is 0 Å². The Morgan fingerprint density at radius 3 is 2.21 bits per heavy atom. The van der Waals surface area contributed by atoms with Gasteiger partial charge in [0.25, 0.3) is 5.91 Å². The fraction of sp³-hybridized carbons (Fsp3) is 0.364. The van der Waals surface area contributed by atoms with E-state index in [4.69, 9.17) is 4.74 Å². The Kier molecular flexibility index (Phi) is 6.89. The first kappa shape index (κ1) is 19.7. The number of hydrogen-bond acceptors (Lipinski definition) is 3. The molecule has 2 aromatic rings. The van der Waals surface area contributed by atoms with E-state index in [0.717, 1.165) is 31.2 Å². The van der Waals surface area contributed by atoms with Crippen molar-refractivity contribution < 1.29 is 14.3 Å². The van der Waals surface area contributed by atoms with Crippen LogP contribution < -0.4 is 20.7 Å². The molecular formula is C22H27N3O3. The number of amides is 3. The molecule has 6 heteroatoms. The summed E-state index contributed by atoms with van der Waals surface area (Å²) in [5, 5.41) is 9.00. The molecule has 0 heterocycles. The maximum absolute atomic E-state index is 12.6. The summed E-state index contributed by atoms with van der Waals surface area (Å²) in [5.41, 5.74) is 1.63. The molecule has 28 heavy (non-hydrogen) atoms. The van der Waals surface area contributed by atoms with Crippen LogP contribution in [0.15, 0.2) is 54.6 Å². The highest BCUT2D eigenvalue weighted by Crippen LogP contribution is 2.19. The van der Waals surface area contributed by atoms with Gasteiger partial charge in [-0.15, -0.1) is 0 Å². The Hall–Kier alpha value is -3.02. The van der Waals surface area contributed by atoms with E-state index in [9.17, 15) is 9.59 Å². The van der Waals surface area contributed by atoms with Crippen molar-refractivity contribution >= 4 is 11.9 Å². The van der Waals surface area contributed by atoms with Gasteiger partial charge in [-0.1, -0.05) is 43.2 Å². The Bertz CT molecular complexity index is 777. The minimum absolute atomic E-state index is 0.0771. The van der Waals surface area contributed by atoms with Crippen LogP contribution in [0.5, 0.6) is 5.75 Å². The van der Waals surface area contributed by atoms with Gasteiger partial charge in [0.15, 0.2) is 0 Å². The number of benzene rings is 2. The molecule has 2 unspecified atom stereocenters. The minimum Gasteiger partial charge on any atom is -0.497 e. The molecule has 0 bridgehead atoms. The van der Waals surface area contributed by atoms with E-state index >= 15 is 0 Å². The van der Waals surface area contributed by atoms with Gasteiger partial charge in [-0.25, -0.2) is 4.79 Å². The number of methoxy groups -OCH3 is 1. The standard InChI is InChI=1S/C22H27N3O3/c1-28-18-13-11-17(12-14-18)21(26)24-19-9-5-6-10-20(19)25-22(27)23-15-16-7-3-2-4-8-16/h2-4,7-8,11-14,19-20H,5-6,9-10,15H2,1H3,(H,24,26)(H2,23,25,27). The fourth-order valence-corrected chi connectivity index (χ4v) is 3.47. The minimum atomic E-state index is -0.209. The predicted molar refractivity (Wildman–Crippen MR) is 108 cm³/mol. The van der Waals surface area contributed by atoms with Crippen LogP contribution >= 0.6 is 0 Å². The van der Waals surface area contributed by atoms with Gasteiger partial charge in [0.05, 0.1) is 13.2 Å². The largest absolute Gasteiger partial charge is 0.497 e. The second-order valence-electron chi connectivity index (χ2n) is 7.01. The van der Waals surface area contributed by atoms with Crippen LogP contribution in [-0.2, 0) is 6.54 Å². The summed E-state index contributed by atoms with van der Waals surface area (Å²) in [6.45, 7) is 0.474. The Morgan fingerprint density at radius 1 is 0.929 bits per heavy atom. The van der Waals surface area contributed by atoms with Gasteiger partial charge in [0.2, 0.25) is 0 Å². The smallest absolute Gasteiger partial charge is 0.315 e. The molecule has 0 aliphatic heterocycles. The fourth-order valence-electron chi connectivity index (χ4n) is 3.47. The van der Waals surface area contributed by atoms with Crippen LogP contribution in [0.1, 0.15) is 41.6 Å². The number of rotatable bonds is 6. The Morgan fingerprint density at radius 2 is 1.57 bits per heavy atom. The summed E-state index contributed by atoms with van der Waals surface area (Å²) < 4.78 is 5.13. The number of ether oxygens (including phenoxy) is 1. The van der Waals surface area contributed by atoms with Crippen molar-refractivity contribution in [2.24, 2.45) is 0 Å². The van der Waals surface area contributed by atoms with Gasteiger partial charge in [-0.3, -0.25) is 4.79 Å². The highest BCUT2D eigenvalue weighted by molar-refractivity contribution is 5.94. The number of nitrogens with one attached hydrogen (secondary N) is 3. The highest BCUT2D eigenvalue weighted by Gasteiger charge is 2.28. The van der Waals surface area contributed by atoms with Gasteiger partial charge in [-0.2, -0.15) is 0 Å². The molecule has 0 spiro atoms. The lowest BCUT2D eigenvalue weighted by Crippen LogP contribution is -2.55. The lowest BCUT2D eigenvalue weighted by molar-refractivity contribution is 0.0916. The number of urea groups is 1. The molecule has 3 amide bonds. The molecule has 1 saturated carbocycles. The molecule has 0 aromatic heterocycles. The second kappa shape index (κ2) is 9.78. The van der Waals surface area contributed by atoms with Gasteiger partial charge >= 0.3 is 6.03 Å². The normalized spacial score (nSPS) is 18.8. The Labute approximate surface area is 165 Å². The third-order valence-electron chi connectivity index (χ3n) is 5.05. The van der Waals surface area contributed by atoms with Crippen molar-refractivity contribution in [3.05, 3.63) is 65.7 Å². The van der Waals surface area contributed by atoms with Gasteiger partial charge in [0, 0.05) is 18.2 Å². The van der Waals surface area contributed by atoms with E-state index in [-0.39, 0.29) is 24.0 Å². The molecular weight excluding hydrogens is 354 g/mol. The third kappa shape index (κ3) is 5.49. The van der Waals surface area contributed by atoms with Crippen LogP contribution in [0.2, 0.25) is 0 Å². The number of hydrogen-bond donors (Lipinski definition) is 3. The van der Waals surface area contributed by atoms with Crippen LogP contribution in [0.4, 0.5) is 4.79 Å². The van der Waals surface area contributed by atoms with Crippen LogP contribution in [0.3, 0.4) is 0 Å². The molecule has 1 aliphatic rings. The SMILES string of the molecule is COc1ccc(C(=O)NC2CCCCC2NC(=O)NCc2ccccc2)cc1. The number of carbonyl (C=O) groups is 2. The quantitative estimate of drug-likeness (QED) is 0.719. The van der Waals surface area contributed by atoms with Crippen LogP contribution in [0, 0.1) is 0 Å². The molecule has 1 aliphatic carbocycles. The van der Waals surface area contributed by atoms with Gasteiger partial charge in [-0.05, 0) is 42.7 Å². The van der Waals surface area contributed by atoms with E-state index in [0.29, 0.717) is 17.9 Å². The van der Waals surface area contributed by atoms with Crippen molar-refractivity contribution in [3.8, 4) is 5.75 Å². The zero-order valence-electron chi connectivity index (χ0n) is 16.1. The van der Waals surface area contributed by atoms with E-state index in [1.54, 1.807) is 31.4 Å². The van der Waals surface area contributed by atoms with Crippen molar-refractivity contribution in [1.82, 2.24) is 16.0 Å². The topological polar surface area (TPSA) is 79.5 Å². The first-order valence-electron chi connectivity index (χ1n) is 9.69. The maximum Gasteiger partial charge on any atom is 0.315 e. The average molecular weight is 381 g/mol. The molecule has 0 saturated heterocycles. The molecule has 3 N–H and O–H groups in total. The average Bonchev–Trinajstić information content (AvgIpc) is 2.74. The lowest BCUT2D eigenvalue weighted by atomic mass is 9.90. The zero-order chi connectivity index (χ0) is 19.8. The zero-order valence-corrected chi connectivity index (χ0v) is 16.1.